The van der Waals surface area contributed by atoms with Crippen molar-refractivity contribution in [1.29, 1.82) is 0 Å². The predicted octanol–water partition coefficient (Wildman–Crippen LogP) is 3.37. The smallest absolute Gasteiger partial charge is 0.132 e. The van der Waals surface area contributed by atoms with Crippen LogP contribution in [0.2, 0.25) is 0 Å². The molecule has 0 amide bonds. The number of ether oxygens (including phenoxy) is 1. The summed E-state index contributed by atoms with van der Waals surface area (Å²) in [5.74, 6) is -0.606. The molecule has 2 aromatic carbocycles. The van der Waals surface area contributed by atoms with Gasteiger partial charge in [0.25, 0.3) is 0 Å². The lowest BCUT2D eigenvalue weighted by Crippen LogP contribution is -2.05. The largest absolute Gasteiger partial charge is 0.490 e. The molecule has 2 unspecified atom stereocenters. The quantitative estimate of drug-likeness (QED) is 0.911. The van der Waals surface area contributed by atoms with Gasteiger partial charge in [0.2, 0.25) is 0 Å². The lowest BCUT2D eigenvalue weighted by Gasteiger charge is -2.13. The minimum Gasteiger partial charge on any atom is -0.490 e. The highest BCUT2D eigenvalue weighted by molar-refractivity contribution is 5.43. The summed E-state index contributed by atoms with van der Waals surface area (Å²) in [7, 11) is 0. The maximum atomic E-state index is 13.7. The van der Waals surface area contributed by atoms with Crippen molar-refractivity contribution in [1.82, 2.24) is 0 Å². The van der Waals surface area contributed by atoms with Crippen LogP contribution >= 0.6 is 0 Å². The first-order chi connectivity index (χ1) is 9.54. The monoisotopic (exact) mass is 276 g/mol. The second kappa shape index (κ2) is 4.87. The summed E-state index contributed by atoms with van der Waals surface area (Å²) in [5.41, 5.74) is 1.64. The molecule has 3 rings (SSSR count). The van der Waals surface area contributed by atoms with Crippen LogP contribution in [0.4, 0.5) is 8.78 Å². The number of halogens is 2. The van der Waals surface area contributed by atoms with E-state index in [2.05, 4.69) is 0 Å². The van der Waals surface area contributed by atoms with E-state index in [0.29, 0.717) is 5.56 Å². The van der Waals surface area contributed by atoms with Crippen molar-refractivity contribution in [3.63, 3.8) is 0 Å². The Balaban J connectivity index is 1.95. The van der Waals surface area contributed by atoms with Crippen LogP contribution in [0.15, 0.2) is 36.4 Å². The van der Waals surface area contributed by atoms with E-state index < -0.39 is 17.7 Å². The molecule has 0 aliphatic carbocycles. The molecule has 1 aliphatic heterocycles. The normalized spacial score (nSPS) is 18.5. The third kappa shape index (κ3) is 2.27. The summed E-state index contributed by atoms with van der Waals surface area (Å²) in [5, 5.41) is 10.3. The molecule has 0 bridgehead atoms. The van der Waals surface area contributed by atoms with Gasteiger partial charge in [-0.05, 0) is 36.2 Å². The van der Waals surface area contributed by atoms with Gasteiger partial charge in [0.1, 0.15) is 29.6 Å². The van der Waals surface area contributed by atoms with Crippen molar-refractivity contribution in [3.05, 3.63) is 64.7 Å². The highest BCUT2D eigenvalue weighted by atomic mass is 19.1. The van der Waals surface area contributed by atoms with E-state index >= 15 is 0 Å². The Kier molecular flexibility index (Phi) is 3.18. The number of hydrogen-bond acceptors (Lipinski definition) is 2. The van der Waals surface area contributed by atoms with Crippen LogP contribution in [-0.4, -0.2) is 11.2 Å². The van der Waals surface area contributed by atoms with E-state index in [4.69, 9.17) is 4.74 Å². The topological polar surface area (TPSA) is 29.5 Å². The zero-order chi connectivity index (χ0) is 14.3. The first-order valence-corrected chi connectivity index (χ1v) is 6.47. The van der Waals surface area contributed by atoms with Crippen molar-refractivity contribution in [2.45, 2.75) is 25.6 Å². The van der Waals surface area contributed by atoms with Gasteiger partial charge in [0.05, 0.1) is 0 Å². The fourth-order valence-electron chi connectivity index (χ4n) is 2.51. The van der Waals surface area contributed by atoms with Gasteiger partial charge in [-0.1, -0.05) is 12.1 Å². The summed E-state index contributed by atoms with van der Waals surface area (Å²) >= 11 is 0. The zero-order valence-electron chi connectivity index (χ0n) is 10.9. The first kappa shape index (κ1) is 13.1. The van der Waals surface area contributed by atoms with Crippen LogP contribution < -0.4 is 4.74 Å². The van der Waals surface area contributed by atoms with E-state index in [1.54, 1.807) is 12.1 Å². The van der Waals surface area contributed by atoms with Gasteiger partial charge in [-0.25, -0.2) is 8.78 Å². The fourth-order valence-corrected chi connectivity index (χ4v) is 2.51. The molecular weight excluding hydrogens is 262 g/mol. The summed E-state index contributed by atoms with van der Waals surface area (Å²) in [6, 6.07) is 8.47. The fraction of sp³-hybridized carbons (Fsp3) is 0.250. The average Bonchev–Trinajstić information content (AvgIpc) is 2.77. The highest BCUT2D eigenvalue weighted by Gasteiger charge is 2.22. The number of aliphatic hydroxyl groups excluding tert-OH is 1. The molecule has 0 radical (unpaired) electrons. The minimum atomic E-state index is -1.11. The van der Waals surface area contributed by atoms with Crippen LogP contribution in [0.1, 0.15) is 29.7 Å². The SMILES string of the molecule is CC1Cc2cc(C(O)c3ccc(F)cc3F)ccc2O1. The van der Waals surface area contributed by atoms with Gasteiger partial charge in [-0.3, -0.25) is 0 Å². The van der Waals surface area contributed by atoms with E-state index in [1.807, 2.05) is 13.0 Å². The van der Waals surface area contributed by atoms with Crippen molar-refractivity contribution in [2.24, 2.45) is 0 Å². The molecule has 0 spiro atoms. The highest BCUT2D eigenvalue weighted by Crippen LogP contribution is 2.33. The van der Waals surface area contributed by atoms with E-state index in [1.165, 1.54) is 6.07 Å². The van der Waals surface area contributed by atoms with E-state index in [9.17, 15) is 13.9 Å². The second-order valence-corrected chi connectivity index (χ2v) is 5.07. The predicted molar refractivity (Wildman–Crippen MR) is 70.7 cm³/mol. The summed E-state index contributed by atoms with van der Waals surface area (Å²) in [6.07, 6.45) is -0.237. The molecule has 0 aromatic heterocycles. The van der Waals surface area contributed by atoms with E-state index in [0.717, 1.165) is 29.9 Å². The Morgan fingerprint density at radius 2 is 2.00 bits per heavy atom. The molecule has 1 aliphatic rings. The van der Waals surface area contributed by atoms with Crippen LogP contribution in [0.25, 0.3) is 0 Å². The Morgan fingerprint density at radius 3 is 2.75 bits per heavy atom. The minimum absolute atomic E-state index is 0.0679. The van der Waals surface area contributed by atoms with E-state index in [-0.39, 0.29) is 11.7 Å². The van der Waals surface area contributed by atoms with Crippen molar-refractivity contribution >= 4 is 0 Å². The van der Waals surface area contributed by atoms with Gasteiger partial charge >= 0.3 is 0 Å². The lowest BCUT2D eigenvalue weighted by atomic mass is 9.98. The van der Waals surface area contributed by atoms with Gasteiger partial charge < -0.3 is 9.84 Å². The maximum Gasteiger partial charge on any atom is 0.132 e. The van der Waals surface area contributed by atoms with Crippen molar-refractivity contribution in [3.8, 4) is 5.75 Å². The molecule has 1 heterocycles. The first-order valence-electron chi connectivity index (χ1n) is 6.47. The molecule has 4 heteroatoms. The molecular formula is C16H14F2O2. The van der Waals surface area contributed by atoms with Crippen LogP contribution in [0, 0.1) is 11.6 Å². The standard InChI is InChI=1S/C16H14F2O2/c1-9-6-11-7-10(2-5-15(11)20-9)16(19)13-4-3-12(17)8-14(13)18/h2-5,7-9,16,19H,6H2,1H3. The number of aliphatic hydroxyl groups is 1. The zero-order valence-corrected chi connectivity index (χ0v) is 10.9. The molecule has 0 saturated carbocycles. The van der Waals surface area contributed by atoms with Gasteiger partial charge in [0.15, 0.2) is 0 Å². The molecule has 20 heavy (non-hydrogen) atoms. The number of rotatable bonds is 2. The molecule has 2 atom stereocenters. The Bertz CT molecular complexity index is 655. The van der Waals surface area contributed by atoms with Crippen molar-refractivity contribution < 1.29 is 18.6 Å². The summed E-state index contributed by atoms with van der Waals surface area (Å²) in [6.45, 7) is 1.97. The van der Waals surface area contributed by atoms with Gasteiger partial charge in [0, 0.05) is 18.1 Å². The van der Waals surface area contributed by atoms with Gasteiger partial charge in [-0.15, -0.1) is 0 Å². The Labute approximate surface area is 115 Å². The van der Waals surface area contributed by atoms with Crippen molar-refractivity contribution in [2.75, 3.05) is 0 Å². The van der Waals surface area contributed by atoms with Crippen LogP contribution in [0.5, 0.6) is 5.75 Å². The molecule has 1 N–H and O–H groups in total. The summed E-state index contributed by atoms with van der Waals surface area (Å²) in [4.78, 5) is 0. The second-order valence-electron chi connectivity index (χ2n) is 5.07. The Hall–Kier alpha value is -1.94. The average molecular weight is 276 g/mol. The summed E-state index contributed by atoms with van der Waals surface area (Å²) < 4.78 is 32.2. The molecule has 0 fully saturated rings. The van der Waals surface area contributed by atoms with Crippen LogP contribution in [0.3, 0.4) is 0 Å². The Morgan fingerprint density at radius 1 is 1.20 bits per heavy atom. The number of hydrogen-bond donors (Lipinski definition) is 1. The lowest BCUT2D eigenvalue weighted by molar-refractivity contribution is 0.214. The number of fused-ring (bicyclic) bond motifs is 1. The van der Waals surface area contributed by atoms with Crippen LogP contribution in [-0.2, 0) is 6.42 Å². The maximum absolute atomic E-state index is 13.7. The number of benzene rings is 2. The van der Waals surface area contributed by atoms with Gasteiger partial charge in [-0.2, -0.15) is 0 Å². The molecule has 2 aromatic rings. The molecule has 0 saturated heterocycles. The molecule has 2 nitrogen and oxygen atoms in total. The third-order valence-electron chi connectivity index (χ3n) is 3.49. The third-order valence-corrected chi connectivity index (χ3v) is 3.49. The molecule has 104 valence electrons.